The van der Waals surface area contributed by atoms with Crippen molar-refractivity contribution in [3.05, 3.63) is 96.0 Å². The van der Waals surface area contributed by atoms with E-state index in [0.717, 1.165) is 43.1 Å². The van der Waals surface area contributed by atoms with E-state index in [1.54, 1.807) is 18.5 Å². The van der Waals surface area contributed by atoms with E-state index in [9.17, 15) is 8.78 Å². The maximum absolute atomic E-state index is 13.6. The lowest BCUT2D eigenvalue weighted by Crippen LogP contribution is -2.35. The van der Waals surface area contributed by atoms with E-state index in [-0.39, 0.29) is 6.10 Å². The van der Waals surface area contributed by atoms with Crippen LogP contribution >= 0.6 is 0 Å². The van der Waals surface area contributed by atoms with Gasteiger partial charge in [-0.3, -0.25) is 10.4 Å². The fraction of sp³-hybridized carbons (Fsp3) is 0.259. The minimum atomic E-state index is -0.612. The highest BCUT2D eigenvalue weighted by Gasteiger charge is 2.18. The molecule has 0 unspecified atom stereocenters. The van der Waals surface area contributed by atoms with Gasteiger partial charge in [0.05, 0.1) is 24.6 Å². The zero-order chi connectivity index (χ0) is 24.2. The third-order valence-electron chi connectivity index (χ3n) is 6.10. The van der Waals surface area contributed by atoms with Crippen LogP contribution < -0.4 is 10.2 Å². The van der Waals surface area contributed by atoms with E-state index in [2.05, 4.69) is 27.3 Å². The molecule has 0 spiro atoms. The summed E-state index contributed by atoms with van der Waals surface area (Å²) >= 11 is 0. The molecular weight excluding hydrogens is 448 g/mol. The maximum atomic E-state index is 13.6. The standard InChI is InChI=1S/C27H27F2N5O/c1-33-10-7-24(8-11-33)35-25-16-30-27(31-17-25)20-5-2-4-19(12-20)18-34-9-3-6-26(32-34)21-13-22(28)15-23(29)14-21/h2-6,9,12-17,24,32H,7-8,10-11,18H2,1H3. The number of piperidine rings is 1. The van der Waals surface area contributed by atoms with Gasteiger partial charge in [-0.25, -0.2) is 18.7 Å². The molecule has 2 aliphatic rings. The third kappa shape index (κ3) is 5.84. The summed E-state index contributed by atoms with van der Waals surface area (Å²) in [7, 11) is 2.13. The lowest BCUT2D eigenvalue weighted by Gasteiger charge is -2.29. The highest BCUT2D eigenvalue weighted by molar-refractivity contribution is 5.66. The summed E-state index contributed by atoms with van der Waals surface area (Å²) in [6, 6.07) is 11.4. The smallest absolute Gasteiger partial charge is 0.159 e. The molecule has 1 aromatic heterocycles. The van der Waals surface area contributed by atoms with Crippen molar-refractivity contribution in [2.75, 3.05) is 20.1 Å². The van der Waals surface area contributed by atoms with E-state index < -0.39 is 11.6 Å². The normalized spacial score (nSPS) is 16.7. The van der Waals surface area contributed by atoms with Gasteiger partial charge < -0.3 is 9.64 Å². The van der Waals surface area contributed by atoms with Crippen LogP contribution in [0.1, 0.15) is 24.0 Å². The van der Waals surface area contributed by atoms with Crippen LogP contribution in [0.4, 0.5) is 8.78 Å². The van der Waals surface area contributed by atoms with E-state index in [1.165, 1.54) is 12.1 Å². The monoisotopic (exact) mass is 475 g/mol. The van der Waals surface area contributed by atoms with Crippen molar-refractivity contribution >= 4 is 5.70 Å². The highest BCUT2D eigenvalue weighted by atomic mass is 19.1. The number of hydrogen-bond donors (Lipinski definition) is 1. The second-order valence-electron chi connectivity index (χ2n) is 8.88. The summed E-state index contributed by atoms with van der Waals surface area (Å²) < 4.78 is 33.3. The van der Waals surface area contributed by atoms with Gasteiger partial charge in [0.2, 0.25) is 0 Å². The third-order valence-corrected chi connectivity index (χ3v) is 6.10. The van der Waals surface area contributed by atoms with E-state index in [1.807, 2.05) is 41.6 Å². The Morgan fingerprint density at radius 2 is 1.74 bits per heavy atom. The second-order valence-corrected chi connectivity index (χ2v) is 8.88. The van der Waals surface area contributed by atoms with Crippen LogP contribution in [0.5, 0.6) is 5.75 Å². The van der Waals surface area contributed by atoms with Crippen LogP contribution in [0.2, 0.25) is 0 Å². The van der Waals surface area contributed by atoms with Crippen molar-refractivity contribution in [2.24, 2.45) is 0 Å². The molecule has 0 atom stereocenters. The Morgan fingerprint density at radius 3 is 2.49 bits per heavy atom. The molecule has 0 amide bonds. The van der Waals surface area contributed by atoms with Crippen LogP contribution in [0.15, 0.2) is 73.2 Å². The minimum absolute atomic E-state index is 0.205. The van der Waals surface area contributed by atoms with Gasteiger partial charge in [-0.15, -0.1) is 0 Å². The molecule has 8 heteroatoms. The summed E-state index contributed by atoms with van der Waals surface area (Å²) in [4.78, 5) is 11.3. The number of likely N-dealkylation sites (tertiary alicyclic amines) is 1. The predicted molar refractivity (Wildman–Crippen MR) is 131 cm³/mol. The Bertz CT molecular complexity index is 1220. The van der Waals surface area contributed by atoms with Crippen molar-refractivity contribution in [3.8, 4) is 17.1 Å². The zero-order valence-corrected chi connectivity index (χ0v) is 19.5. The fourth-order valence-corrected chi connectivity index (χ4v) is 4.26. The van der Waals surface area contributed by atoms with Crippen LogP contribution in [0.3, 0.4) is 0 Å². The van der Waals surface area contributed by atoms with Crippen LogP contribution in [-0.2, 0) is 6.54 Å². The lowest BCUT2D eigenvalue weighted by molar-refractivity contribution is 0.113. The molecule has 180 valence electrons. The van der Waals surface area contributed by atoms with Crippen LogP contribution in [-0.4, -0.2) is 46.1 Å². The largest absolute Gasteiger partial charge is 0.487 e. The molecule has 2 aromatic carbocycles. The van der Waals surface area contributed by atoms with Gasteiger partial charge in [0, 0.05) is 36.5 Å². The molecule has 0 bridgehead atoms. The first kappa shape index (κ1) is 23.0. The van der Waals surface area contributed by atoms with Crippen molar-refractivity contribution < 1.29 is 13.5 Å². The quantitative estimate of drug-likeness (QED) is 0.554. The molecule has 0 radical (unpaired) electrons. The fourth-order valence-electron chi connectivity index (χ4n) is 4.26. The van der Waals surface area contributed by atoms with Crippen LogP contribution in [0.25, 0.3) is 17.1 Å². The SMILES string of the molecule is CN1CCC(Oc2cnc(-c3cccc(CN4C=CC=C(c5cc(F)cc(F)c5)N4)c3)nc2)CC1. The van der Waals surface area contributed by atoms with Gasteiger partial charge in [-0.2, -0.15) is 0 Å². The Hall–Kier alpha value is -3.78. The second kappa shape index (κ2) is 10.2. The van der Waals surface area contributed by atoms with Crippen molar-refractivity contribution in [2.45, 2.75) is 25.5 Å². The van der Waals surface area contributed by atoms with Crippen LogP contribution in [0, 0.1) is 11.6 Å². The van der Waals surface area contributed by atoms with Gasteiger partial charge in [0.25, 0.3) is 0 Å². The number of nitrogens with one attached hydrogen (secondary N) is 1. The minimum Gasteiger partial charge on any atom is -0.487 e. The summed E-state index contributed by atoms with van der Waals surface area (Å²) in [6.07, 6.45) is 11.2. The molecule has 6 nitrogen and oxygen atoms in total. The van der Waals surface area contributed by atoms with E-state index in [4.69, 9.17) is 4.74 Å². The Kier molecular flexibility index (Phi) is 6.72. The number of ether oxygens (including phenoxy) is 1. The number of hydrogen-bond acceptors (Lipinski definition) is 6. The Morgan fingerprint density at radius 1 is 1.00 bits per heavy atom. The first-order valence-corrected chi connectivity index (χ1v) is 11.7. The maximum Gasteiger partial charge on any atom is 0.159 e. The van der Waals surface area contributed by atoms with Crippen molar-refractivity contribution in [3.63, 3.8) is 0 Å². The number of nitrogens with zero attached hydrogens (tertiary/aromatic N) is 4. The average molecular weight is 476 g/mol. The predicted octanol–water partition coefficient (Wildman–Crippen LogP) is 4.77. The molecule has 1 N–H and O–H groups in total. The van der Waals surface area contributed by atoms with Gasteiger partial charge in [0.15, 0.2) is 11.6 Å². The molecule has 1 fully saturated rings. The van der Waals surface area contributed by atoms with Crippen molar-refractivity contribution in [1.82, 2.24) is 25.3 Å². The number of halogens is 2. The molecule has 1 saturated heterocycles. The number of hydrazine groups is 1. The number of rotatable bonds is 6. The molecule has 0 saturated carbocycles. The first-order valence-electron chi connectivity index (χ1n) is 11.7. The molecular formula is C27H27F2N5O. The zero-order valence-electron chi connectivity index (χ0n) is 19.5. The molecule has 0 aliphatic carbocycles. The van der Waals surface area contributed by atoms with Gasteiger partial charge in [-0.1, -0.05) is 18.2 Å². The highest BCUT2D eigenvalue weighted by Crippen LogP contribution is 2.23. The molecule has 3 heterocycles. The van der Waals surface area contributed by atoms with Gasteiger partial charge in [-0.05, 0) is 55.8 Å². The van der Waals surface area contributed by atoms with E-state index >= 15 is 0 Å². The molecule has 5 rings (SSSR count). The topological polar surface area (TPSA) is 53.5 Å². The molecule has 35 heavy (non-hydrogen) atoms. The Balaban J connectivity index is 1.23. The molecule has 2 aliphatic heterocycles. The Labute approximate surface area is 203 Å². The first-order chi connectivity index (χ1) is 17.0. The summed E-state index contributed by atoms with van der Waals surface area (Å²) in [5, 5.41) is 1.86. The lowest BCUT2D eigenvalue weighted by atomic mass is 10.1. The number of benzene rings is 2. The van der Waals surface area contributed by atoms with Crippen molar-refractivity contribution in [1.29, 1.82) is 0 Å². The van der Waals surface area contributed by atoms with Gasteiger partial charge in [0.1, 0.15) is 17.7 Å². The summed E-state index contributed by atoms with van der Waals surface area (Å²) in [5.41, 5.74) is 6.20. The summed E-state index contributed by atoms with van der Waals surface area (Å²) in [5.74, 6) is 0.0919. The average Bonchev–Trinajstić information content (AvgIpc) is 2.86. The molecule has 3 aromatic rings. The summed E-state index contributed by atoms with van der Waals surface area (Å²) in [6.45, 7) is 2.61. The number of allylic oxidation sites excluding steroid dienone is 2. The van der Waals surface area contributed by atoms with Gasteiger partial charge >= 0.3 is 0 Å². The number of aromatic nitrogens is 2. The van der Waals surface area contributed by atoms with E-state index in [0.29, 0.717) is 29.4 Å².